The summed E-state index contributed by atoms with van der Waals surface area (Å²) in [7, 11) is 0. The van der Waals surface area contributed by atoms with Crippen molar-refractivity contribution in [3.63, 3.8) is 0 Å². The van der Waals surface area contributed by atoms with Crippen molar-refractivity contribution in [2.24, 2.45) is 0 Å². The lowest BCUT2D eigenvalue weighted by atomic mass is 10.1. The molecule has 0 saturated carbocycles. The summed E-state index contributed by atoms with van der Waals surface area (Å²) in [5.41, 5.74) is 0.628. The standard InChI is InChI=1S/C12H18N2OS/c1-10-13-11(9-16-10)12(15)14-7-5-3-2-4-6-8-14/h9H,2-8H2,1H3. The zero-order valence-electron chi connectivity index (χ0n) is 9.74. The number of hydrogen-bond acceptors (Lipinski definition) is 3. The molecule has 1 aliphatic rings. The van der Waals surface area contributed by atoms with Gasteiger partial charge in [-0.05, 0) is 19.8 Å². The Morgan fingerprint density at radius 2 is 1.88 bits per heavy atom. The molecule has 0 radical (unpaired) electrons. The van der Waals surface area contributed by atoms with Crippen LogP contribution in [-0.4, -0.2) is 28.9 Å². The first-order valence-electron chi connectivity index (χ1n) is 5.99. The number of nitrogens with zero attached hydrogens (tertiary/aromatic N) is 2. The molecule has 4 heteroatoms. The van der Waals surface area contributed by atoms with Crippen molar-refractivity contribution in [1.29, 1.82) is 0 Å². The minimum absolute atomic E-state index is 0.117. The van der Waals surface area contributed by atoms with Crippen LogP contribution in [0.3, 0.4) is 0 Å². The van der Waals surface area contributed by atoms with Gasteiger partial charge in [0.15, 0.2) is 0 Å². The number of rotatable bonds is 1. The fourth-order valence-corrected chi connectivity index (χ4v) is 2.66. The van der Waals surface area contributed by atoms with Crippen LogP contribution in [0.25, 0.3) is 0 Å². The third kappa shape index (κ3) is 2.82. The maximum absolute atomic E-state index is 12.1. The van der Waals surface area contributed by atoms with Gasteiger partial charge in [0.05, 0.1) is 5.01 Å². The number of thiazole rings is 1. The predicted octanol–water partition coefficient (Wildman–Crippen LogP) is 2.86. The molecule has 0 unspecified atom stereocenters. The summed E-state index contributed by atoms with van der Waals surface area (Å²) in [5, 5.41) is 2.84. The van der Waals surface area contributed by atoms with Gasteiger partial charge in [-0.2, -0.15) is 0 Å². The second kappa shape index (κ2) is 5.43. The van der Waals surface area contributed by atoms with Crippen molar-refractivity contribution in [3.8, 4) is 0 Å². The fourth-order valence-electron chi connectivity index (χ4n) is 2.07. The minimum Gasteiger partial charge on any atom is -0.337 e. The van der Waals surface area contributed by atoms with Crippen molar-refractivity contribution in [3.05, 3.63) is 16.1 Å². The molecule has 88 valence electrons. The van der Waals surface area contributed by atoms with Gasteiger partial charge in [-0.3, -0.25) is 4.79 Å². The van der Waals surface area contributed by atoms with E-state index in [0.717, 1.165) is 30.9 Å². The fraction of sp³-hybridized carbons (Fsp3) is 0.667. The molecule has 1 amide bonds. The topological polar surface area (TPSA) is 33.2 Å². The average molecular weight is 238 g/mol. The molecular weight excluding hydrogens is 220 g/mol. The first kappa shape index (κ1) is 11.6. The Balaban J connectivity index is 2.01. The smallest absolute Gasteiger partial charge is 0.273 e. The van der Waals surface area contributed by atoms with E-state index in [-0.39, 0.29) is 5.91 Å². The summed E-state index contributed by atoms with van der Waals surface area (Å²) in [6.45, 7) is 3.74. The normalized spacial score (nSPS) is 17.9. The van der Waals surface area contributed by atoms with Crippen LogP contribution in [0, 0.1) is 6.92 Å². The molecule has 0 bridgehead atoms. The molecule has 2 rings (SSSR count). The second-order valence-electron chi connectivity index (χ2n) is 4.31. The van der Waals surface area contributed by atoms with Crippen LogP contribution >= 0.6 is 11.3 Å². The molecular formula is C12H18N2OS. The monoisotopic (exact) mass is 238 g/mol. The Morgan fingerprint density at radius 3 is 2.44 bits per heavy atom. The Kier molecular flexibility index (Phi) is 3.93. The molecule has 1 aromatic rings. The number of aryl methyl sites for hydroxylation is 1. The lowest BCUT2D eigenvalue weighted by molar-refractivity contribution is 0.0737. The molecule has 16 heavy (non-hydrogen) atoms. The largest absolute Gasteiger partial charge is 0.337 e. The van der Waals surface area contributed by atoms with Crippen LogP contribution in [0.5, 0.6) is 0 Å². The van der Waals surface area contributed by atoms with Gasteiger partial charge in [-0.25, -0.2) is 4.98 Å². The van der Waals surface area contributed by atoms with E-state index in [4.69, 9.17) is 0 Å². The van der Waals surface area contributed by atoms with Gasteiger partial charge in [0.2, 0.25) is 0 Å². The van der Waals surface area contributed by atoms with Gasteiger partial charge in [0.25, 0.3) is 5.91 Å². The number of aromatic nitrogens is 1. The highest BCUT2D eigenvalue weighted by molar-refractivity contribution is 7.09. The van der Waals surface area contributed by atoms with Crippen LogP contribution in [0.1, 0.15) is 47.6 Å². The molecule has 0 aromatic carbocycles. The van der Waals surface area contributed by atoms with Gasteiger partial charge in [-0.1, -0.05) is 19.3 Å². The summed E-state index contributed by atoms with van der Waals surface area (Å²) in [6.07, 6.45) is 6.08. The highest BCUT2D eigenvalue weighted by Gasteiger charge is 2.18. The number of hydrogen-bond donors (Lipinski definition) is 0. The van der Waals surface area contributed by atoms with E-state index in [9.17, 15) is 4.79 Å². The number of carbonyl (C=O) groups is 1. The lowest BCUT2D eigenvalue weighted by Gasteiger charge is -2.23. The van der Waals surface area contributed by atoms with Crippen molar-refractivity contribution < 1.29 is 4.79 Å². The van der Waals surface area contributed by atoms with Crippen molar-refractivity contribution >= 4 is 17.2 Å². The van der Waals surface area contributed by atoms with Crippen LogP contribution in [0.2, 0.25) is 0 Å². The van der Waals surface area contributed by atoms with Crippen LogP contribution in [-0.2, 0) is 0 Å². The van der Waals surface area contributed by atoms with E-state index in [1.807, 2.05) is 17.2 Å². The van der Waals surface area contributed by atoms with Crippen LogP contribution < -0.4 is 0 Å². The quantitative estimate of drug-likeness (QED) is 0.753. The number of amides is 1. The highest BCUT2D eigenvalue weighted by Crippen LogP contribution is 2.15. The molecule has 1 saturated heterocycles. The second-order valence-corrected chi connectivity index (χ2v) is 5.37. The molecule has 1 fully saturated rings. The Hall–Kier alpha value is -0.900. The first-order valence-corrected chi connectivity index (χ1v) is 6.87. The molecule has 1 aliphatic heterocycles. The van der Waals surface area contributed by atoms with E-state index in [0.29, 0.717) is 5.69 Å². The SMILES string of the molecule is Cc1nc(C(=O)N2CCCCCCC2)cs1. The number of carbonyl (C=O) groups excluding carboxylic acids is 1. The zero-order chi connectivity index (χ0) is 11.4. The maximum Gasteiger partial charge on any atom is 0.273 e. The molecule has 0 aliphatic carbocycles. The molecule has 0 N–H and O–H groups in total. The molecule has 0 atom stereocenters. The van der Waals surface area contributed by atoms with Gasteiger partial charge < -0.3 is 4.90 Å². The molecule has 1 aromatic heterocycles. The van der Waals surface area contributed by atoms with E-state index < -0.39 is 0 Å². The Morgan fingerprint density at radius 1 is 1.25 bits per heavy atom. The van der Waals surface area contributed by atoms with Crippen LogP contribution in [0.15, 0.2) is 5.38 Å². The van der Waals surface area contributed by atoms with E-state index in [2.05, 4.69) is 4.98 Å². The van der Waals surface area contributed by atoms with Gasteiger partial charge in [-0.15, -0.1) is 11.3 Å². The van der Waals surface area contributed by atoms with Gasteiger partial charge in [0, 0.05) is 18.5 Å². The summed E-state index contributed by atoms with van der Waals surface area (Å²) in [6, 6.07) is 0. The van der Waals surface area contributed by atoms with Crippen molar-refractivity contribution in [2.45, 2.75) is 39.0 Å². The summed E-state index contributed by atoms with van der Waals surface area (Å²) >= 11 is 1.55. The Labute approximate surface area is 100 Å². The summed E-state index contributed by atoms with van der Waals surface area (Å²) in [4.78, 5) is 18.4. The first-order chi connectivity index (χ1) is 7.77. The van der Waals surface area contributed by atoms with Crippen molar-refractivity contribution in [1.82, 2.24) is 9.88 Å². The average Bonchev–Trinajstić information content (AvgIpc) is 2.63. The van der Waals surface area contributed by atoms with E-state index >= 15 is 0 Å². The highest BCUT2D eigenvalue weighted by atomic mass is 32.1. The Bertz CT molecular complexity index is 354. The van der Waals surface area contributed by atoms with E-state index in [1.54, 1.807) is 11.3 Å². The lowest BCUT2D eigenvalue weighted by Crippen LogP contribution is -2.34. The summed E-state index contributed by atoms with van der Waals surface area (Å²) in [5.74, 6) is 0.117. The van der Waals surface area contributed by atoms with Gasteiger partial charge in [0.1, 0.15) is 5.69 Å². The summed E-state index contributed by atoms with van der Waals surface area (Å²) < 4.78 is 0. The maximum atomic E-state index is 12.1. The zero-order valence-corrected chi connectivity index (χ0v) is 10.6. The molecule has 0 spiro atoms. The number of likely N-dealkylation sites (tertiary alicyclic amines) is 1. The predicted molar refractivity (Wildman–Crippen MR) is 65.8 cm³/mol. The van der Waals surface area contributed by atoms with Gasteiger partial charge >= 0.3 is 0 Å². The minimum atomic E-state index is 0.117. The van der Waals surface area contributed by atoms with Crippen molar-refractivity contribution in [2.75, 3.05) is 13.1 Å². The molecule has 2 heterocycles. The van der Waals surface area contributed by atoms with E-state index in [1.165, 1.54) is 19.3 Å². The third-order valence-corrected chi connectivity index (χ3v) is 3.75. The molecule has 3 nitrogen and oxygen atoms in total. The third-order valence-electron chi connectivity index (χ3n) is 2.98. The van der Waals surface area contributed by atoms with Crippen LogP contribution in [0.4, 0.5) is 0 Å².